The summed E-state index contributed by atoms with van der Waals surface area (Å²) in [4.78, 5) is 14.0. The van der Waals surface area contributed by atoms with Gasteiger partial charge in [0, 0.05) is 12.5 Å². The summed E-state index contributed by atoms with van der Waals surface area (Å²) in [5.74, 6) is 0.233. The molecule has 92 valence electrons. The van der Waals surface area contributed by atoms with E-state index in [2.05, 4.69) is 4.90 Å². The molecule has 17 heavy (non-hydrogen) atoms. The summed E-state index contributed by atoms with van der Waals surface area (Å²) in [5.41, 5.74) is 1.07. The number of carbonyl (C=O) groups excluding carboxylic acids is 1. The Labute approximate surface area is 102 Å². The molecule has 0 aliphatic carbocycles. The summed E-state index contributed by atoms with van der Waals surface area (Å²) >= 11 is 0. The molecule has 3 heteroatoms. The minimum atomic E-state index is 0.165. The van der Waals surface area contributed by atoms with Crippen LogP contribution in [0, 0.1) is 0 Å². The molecule has 2 rings (SSSR count). The Morgan fingerprint density at radius 3 is 2.82 bits per heavy atom. The lowest BCUT2D eigenvalue weighted by molar-refractivity contribution is -0.119. The van der Waals surface area contributed by atoms with Crippen LogP contribution in [0.25, 0.3) is 0 Å². The normalized spacial score (nSPS) is 20.6. The van der Waals surface area contributed by atoms with Crippen LogP contribution in [0.2, 0.25) is 0 Å². The molecule has 1 heterocycles. The van der Waals surface area contributed by atoms with Crippen molar-refractivity contribution in [3.05, 3.63) is 35.9 Å². The van der Waals surface area contributed by atoms with Crippen molar-refractivity contribution in [2.45, 2.75) is 25.3 Å². The summed E-state index contributed by atoms with van der Waals surface area (Å²) in [6, 6.07) is 10.0. The molecule has 1 fully saturated rings. The maximum Gasteiger partial charge on any atom is 0.151 e. The van der Waals surface area contributed by atoms with E-state index in [9.17, 15) is 9.90 Å². The van der Waals surface area contributed by atoms with Gasteiger partial charge in [-0.2, -0.15) is 0 Å². The molecular weight excluding hydrogens is 214 g/mol. The molecule has 1 aromatic rings. The van der Waals surface area contributed by atoms with Crippen molar-refractivity contribution in [2.75, 3.05) is 19.7 Å². The first-order valence-corrected chi connectivity index (χ1v) is 6.20. The fourth-order valence-electron chi connectivity index (χ4n) is 2.42. The van der Waals surface area contributed by atoms with Crippen LogP contribution in [0.15, 0.2) is 30.3 Å². The zero-order valence-corrected chi connectivity index (χ0v) is 10.0. The van der Waals surface area contributed by atoms with E-state index < -0.39 is 0 Å². The average Bonchev–Trinajstić information content (AvgIpc) is 2.77. The second kappa shape index (κ2) is 5.94. The number of carbonyl (C=O) groups is 1. The molecule has 0 aromatic heterocycles. The molecule has 0 spiro atoms. The molecule has 0 bridgehead atoms. The number of rotatable bonds is 5. The van der Waals surface area contributed by atoms with Gasteiger partial charge < -0.3 is 5.11 Å². The summed E-state index contributed by atoms with van der Waals surface area (Å²) in [5, 5.41) is 9.19. The van der Waals surface area contributed by atoms with Gasteiger partial charge in [-0.15, -0.1) is 0 Å². The summed E-state index contributed by atoms with van der Waals surface area (Å²) < 4.78 is 0. The van der Waals surface area contributed by atoms with Crippen LogP contribution in [-0.2, 0) is 11.2 Å². The topological polar surface area (TPSA) is 40.5 Å². The van der Waals surface area contributed by atoms with E-state index in [0.717, 1.165) is 24.9 Å². The highest BCUT2D eigenvalue weighted by atomic mass is 16.3. The van der Waals surface area contributed by atoms with Crippen molar-refractivity contribution in [1.29, 1.82) is 0 Å². The van der Waals surface area contributed by atoms with Crippen LogP contribution < -0.4 is 0 Å². The van der Waals surface area contributed by atoms with Crippen LogP contribution >= 0.6 is 0 Å². The van der Waals surface area contributed by atoms with E-state index in [0.29, 0.717) is 13.0 Å². The van der Waals surface area contributed by atoms with Crippen LogP contribution in [0.1, 0.15) is 18.4 Å². The van der Waals surface area contributed by atoms with Crippen LogP contribution in [-0.4, -0.2) is 41.5 Å². The number of aliphatic hydroxyl groups is 1. The zero-order chi connectivity index (χ0) is 12.1. The minimum absolute atomic E-state index is 0.165. The van der Waals surface area contributed by atoms with Gasteiger partial charge in [-0.05, 0) is 24.9 Å². The maximum atomic E-state index is 11.9. The fourth-order valence-corrected chi connectivity index (χ4v) is 2.42. The van der Waals surface area contributed by atoms with Gasteiger partial charge in [0.25, 0.3) is 0 Å². The van der Waals surface area contributed by atoms with Gasteiger partial charge in [-0.1, -0.05) is 30.3 Å². The van der Waals surface area contributed by atoms with E-state index in [1.54, 1.807) is 0 Å². The zero-order valence-electron chi connectivity index (χ0n) is 10.0. The third-order valence-corrected chi connectivity index (χ3v) is 3.33. The second-order valence-electron chi connectivity index (χ2n) is 4.65. The summed E-state index contributed by atoms with van der Waals surface area (Å²) in [7, 11) is 0. The number of Topliss-reactive ketones (excluding diaryl/α,β-unsaturated/α-hetero) is 1. The van der Waals surface area contributed by atoms with Crippen molar-refractivity contribution in [1.82, 2.24) is 4.90 Å². The number of benzene rings is 1. The summed E-state index contributed by atoms with van der Waals surface area (Å²) in [6.45, 7) is 1.57. The van der Waals surface area contributed by atoms with Gasteiger partial charge in [-0.3, -0.25) is 9.69 Å². The highest BCUT2D eigenvalue weighted by Gasteiger charge is 2.25. The van der Waals surface area contributed by atoms with E-state index in [-0.39, 0.29) is 18.4 Å². The number of ketones is 1. The highest BCUT2D eigenvalue weighted by molar-refractivity contribution is 5.82. The van der Waals surface area contributed by atoms with Gasteiger partial charge in [-0.25, -0.2) is 0 Å². The van der Waals surface area contributed by atoms with E-state index in [1.165, 1.54) is 0 Å². The number of nitrogens with zero attached hydrogens (tertiary/aromatic N) is 1. The monoisotopic (exact) mass is 233 g/mol. The van der Waals surface area contributed by atoms with Crippen molar-refractivity contribution in [3.63, 3.8) is 0 Å². The molecule has 0 amide bonds. The quantitative estimate of drug-likeness (QED) is 0.832. The van der Waals surface area contributed by atoms with Crippen molar-refractivity contribution < 1.29 is 9.90 Å². The van der Waals surface area contributed by atoms with Crippen molar-refractivity contribution in [2.24, 2.45) is 0 Å². The molecule has 1 atom stereocenters. The Bertz CT molecular complexity index is 364. The first-order valence-electron chi connectivity index (χ1n) is 6.20. The lowest BCUT2D eigenvalue weighted by atomic mass is 10.1. The Morgan fingerprint density at radius 2 is 2.12 bits per heavy atom. The lowest BCUT2D eigenvalue weighted by Crippen LogP contribution is -2.36. The molecule has 0 radical (unpaired) electrons. The number of hydrogen-bond donors (Lipinski definition) is 1. The van der Waals surface area contributed by atoms with Crippen LogP contribution in [0.3, 0.4) is 0 Å². The predicted octanol–water partition coefficient (Wildman–Crippen LogP) is 1.25. The number of hydrogen-bond acceptors (Lipinski definition) is 3. The second-order valence-corrected chi connectivity index (χ2v) is 4.65. The van der Waals surface area contributed by atoms with Gasteiger partial charge >= 0.3 is 0 Å². The van der Waals surface area contributed by atoms with Gasteiger partial charge in [0.1, 0.15) is 0 Å². The van der Waals surface area contributed by atoms with Crippen molar-refractivity contribution >= 4 is 5.78 Å². The standard InChI is InChI=1S/C14H19NO2/c16-11-13-7-4-8-15(13)10-14(17)9-12-5-2-1-3-6-12/h1-3,5-6,13,16H,4,7-11H2. The maximum absolute atomic E-state index is 11.9. The summed E-state index contributed by atoms with van der Waals surface area (Å²) in [6.07, 6.45) is 2.59. The molecule has 1 unspecified atom stereocenters. The number of aliphatic hydroxyl groups excluding tert-OH is 1. The molecule has 1 N–H and O–H groups in total. The van der Waals surface area contributed by atoms with E-state index in [1.807, 2.05) is 30.3 Å². The minimum Gasteiger partial charge on any atom is -0.395 e. The third-order valence-electron chi connectivity index (χ3n) is 3.33. The Morgan fingerprint density at radius 1 is 1.35 bits per heavy atom. The number of likely N-dealkylation sites (tertiary alicyclic amines) is 1. The van der Waals surface area contributed by atoms with Gasteiger partial charge in [0.15, 0.2) is 5.78 Å². The molecular formula is C14H19NO2. The van der Waals surface area contributed by atoms with Gasteiger partial charge in [0.05, 0.1) is 13.2 Å². The largest absolute Gasteiger partial charge is 0.395 e. The van der Waals surface area contributed by atoms with Gasteiger partial charge in [0.2, 0.25) is 0 Å². The Kier molecular flexibility index (Phi) is 4.29. The van der Waals surface area contributed by atoms with E-state index in [4.69, 9.17) is 0 Å². The Balaban J connectivity index is 1.85. The fraction of sp³-hybridized carbons (Fsp3) is 0.500. The van der Waals surface area contributed by atoms with Crippen molar-refractivity contribution in [3.8, 4) is 0 Å². The smallest absolute Gasteiger partial charge is 0.151 e. The highest BCUT2D eigenvalue weighted by Crippen LogP contribution is 2.16. The predicted molar refractivity (Wildman–Crippen MR) is 66.8 cm³/mol. The molecule has 1 saturated heterocycles. The molecule has 3 nitrogen and oxygen atoms in total. The van der Waals surface area contributed by atoms with Crippen LogP contribution in [0.5, 0.6) is 0 Å². The van der Waals surface area contributed by atoms with E-state index >= 15 is 0 Å². The lowest BCUT2D eigenvalue weighted by Gasteiger charge is -2.21. The first-order chi connectivity index (χ1) is 8.29. The molecule has 0 saturated carbocycles. The average molecular weight is 233 g/mol. The van der Waals surface area contributed by atoms with Crippen LogP contribution in [0.4, 0.5) is 0 Å². The SMILES string of the molecule is O=C(Cc1ccccc1)CN1CCCC1CO. The molecule has 1 aliphatic heterocycles. The Hall–Kier alpha value is -1.19. The molecule has 1 aliphatic rings. The first kappa shape index (κ1) is 12.3. The molecule has 1 aromatic carbocycles. The third kappa shape index (κ3) is 3.38.